The summed E-state index contributed by atoms with van der Waals surface area (Å²) in [5.74, 6) is 0. The van der Waals surface area contributed by atoms with Crippen LogP contribution in [0.5, 0.6) is 0 Å². The van der Waals surface area contributed by atoms with E-state index in [4.69, 9.17) is 17.1 Å². The standard InChI is InChI=1S/C9H18BN2O3PS/c1-11(2)7-6(5-14-16(13)17)15-9(10)8(7)12(3)4/h6-9H,5H2,1-4H3/p+1/t6-,7?,8?,9-/m1/s1. The summed E-state index contributed by atoms with van der Waals surface area (Å²) in [6.07, 6.45) is -0.196. The van der Waals surface area contributed by atoms with Crippen molar-refractivity contribution in [1.82, 2.24) is 9.80 Å². The summed E-state index contributed by atoms with van der Waals surface area (Å²) in [4.78, 5) is 4.09. The molecule has 0 bridgehead atoms. The van der Waals surface area contributed by atoms with Crippen molar-refractivity contribution in [3.8, 4) is 0 Å². The summed E-state index contributed by atoms with van der Waals surface area (Å²) >= 11 is 3.71. The molecule has 1 fully saturated rings. The Labute approximate surface area is 110 Å². The summed E-state index contributed by atoms with van der Waals surface area (Å²) in [5.41, 5.74) is 0. The van der Waals surface area contributed by atoms with Gasteiger partial charge in [0.05, 0.1) is 6.04 Å². The van der Waals surface area contributed by atoms with Gasteiger partial charge in [0.2, 0.25) is 0 Å². The third-order valence-electron chi connectivity index (χ3n) is 2.94. The molecular weight excluding hydrogens is 258 g/mol. The summed E-state index contributed by atoms with van der Waals surface area (Å²) in [6, 6.07) is -0.191. The molecule has 0 N–H and O–H groups in total. The maximum atomic E-state index is 10.9. The van der Waals surface area contributed by atoms with E-state index >= 15 is 0 Å². The zero-order valence-electron chi connectivity index (χ0n) is 10.6. The molecular formula is C9H19BN2O3PS+. The van der Waals surface area contributed by atoms with Gasteiger partial charge in [-0.1, -0.05) is 0 Å². The van der Waals surface area contributed by atoms with E-state index in [1.165, 1.54) is 0 Å². The minimum Gasteiger partial charge on any atom is -0.379 e. The van der Waals surface area contributed by atoms with Crippen molar-refractivity contribution >= 4 is 27.3 Å². The van der Waals surface area contributed by atoms with Crippen LogP contribution in [0.4, 0.5) is 0 Å². The van der Waals surface area contributed by atoms with Gasteiger partial charge >= 0.3 is 7.23 Å². The highest BCUT2D eigenvalue weighted by molar-refractivity contribution is 8.39. The van der Waals surface area contributed by atoms with Crippen molar-refractivity contribution in [2.45, 2.75) is 24.2 Å². The van der Waals surface area contributed by atoms with E-state index < -0.39 is 7.23 Å². The van der Waals surface area contributed by atoms with Gasteiger partial charge in [0, 0.05) is 12.0 Å². The highest BCUT2D eigenvalue weighted by atomic mass is 32.7. The van der Waals surface area contributed by atoms with Crippen molar-refractivity contribution in [3.63, 3.8) is 0 Å². The number of hydrogen-bond donors (Lipinski definition) is 1. The molecule has 8 heteroatoms. The molecule has 17 heavy (non-hydrogen) atoms. The maximum Gasteiger partial charge on any atom is 0.582 e. The van der Waals surface area contributed by atoms with Crippen LogP contribution in [0.15, 0.2) is 0 Å². The van der Waals surface area contributed by atoms with Crippen LogP contribution in [-0.2, 0) is 13.8 Å². The Balaban J connectivity index is 2.74. The van der Waals surface area contributed by atoms with Crippen LogP contribution in [0.25, 0.3) is 0 Å². The SMILES string of the molecule is [B][C@@H]1O[C@H](CO[P+](=O)S)C(N(C)C)C1N(C)C. The second kappa shape index (κ2) is 6.50. The van der Waals surface area contributed by atoms with Crippen molar-refractivity contribution in [2.75, 3.05) is 34.8 Å². The minimum absolute atomic E-state index is 0.0800. The van der Waals surface area contributed by atoms with E-state index in [2.05, 4.69) is 17.1 Å². The Hall–Kier alpha value is 0.355. The van der Waals surface area contributed by atoms with Gasteiger partial charge in [0.1, 0.15) is 32.8 Å². The molecule has 1 aliphatic rings. The van der Waals surface area contributed by atoms with Gasteiger partial charge in [0.25, 0.3) is 0 Å². The fourth-order valence-electron chi connectivity index (χ4n) is 2.29. The largest absolute Gasteiger partial charge is 0.582 e. The third kappa shape index (κ3) is 3.91. The molecule has 1 aliphatic heterocycles. The predicted octanol–water partition coefficient (Wildman–Crippen LogP) is 0.344. The van der Waals surface area contributed by atoms with Gasteiger partial charge in [-0.15, -0.1) is 4.52 Å². The molecule has 5 atom stereocenters. The summed E-state index contributed by atoms with van der Waals surface area (Å²) in [7, 11) is 11.9. The van der Waals surface area contributed by atoms with Gasteiger partial charge < -0.3 is 14.5 Å². The smallest absolute Gasteiger partial charge is 0.379 e. The molecule has 5 nitrogen and oxygen atoms in total. The number of nitrogens with zero attached hydrogens (tertiary/aromatic N) is 2. The monoisotopic (exact) mass is 277 g/mol. The topological polar surface area (TPSA) is 42.0 Å². The molecule has 0 aromatic carbocycles. The Morgan fingerprint density at radius 3 is 2.24 bits per heavy atom. The second-order valence-corrected chi connectivity index (χ2v) is 6.29. The van der Waals surface area contributed by atoms with E-state index in [0.717, 1.165) is 0 Å². The zero-order valence-corrected chi connectivity index (χ0v) is 12.4. The van der Waals surface area contributed by atoms with Crippen LogP contribution in [0.1, 0.15) is 0 Å². The first-order valence-electron chi connectivity index (χ1n) is 5.37. The van der Waals surface area contributed by atoms with Crippen molar-refractivity contribution in [2.24, 2.45) is 0 Å². The third-order valence-corrected chi connectivity index (χ3v) is 3.66. The fraction of sp³-hybridized carbons (Fsp3) is 1.00. The number of hydrogen-bond acceptors (Lipinski definition) is 5. The second-order valence-electron chi connectivity index (χ2n) is 4.58. The molecule has 3 unspecified atom stereocenters. The average Bonchev–Trinajstić information content (AvgIpc) is 2.52. The number of rotatable bonds is 5. The van der Waals surface area contributed by atoms with E-state index in [1.54, 1.807) is 0 Å². The normalized spacial score (nSPS) is 34.6. The summed E-state index contributed by atoms with van der Waals surface area (Å²) in [6.45, 7) is 0.236. The first-order chi connectivity index (χ1) is 7.84. The van der Waals surface area contributed by atoms with Gasteiger partial charge in [-0.05, 0) is 32.8 Å². The average molecular weight is 277 g/mol. The van der Waals surface area contributed by atoms with Crippen LogP contribution in [0.3, 0.4) is 0 Å². The first-order valence-corrected chi connectivity index (χ1v) is 7.70. The number of thiol groups is 1. The van der Waals surface area contributed by atoms with E-state index in [9.17, 15) is 4.57 Å². The van der Waals surface area contributed by atoms with E-state index in [1.807, 2.05) is 33.1 Å². The summed E-state index contributed by atoms with van der Waals surface area (Å²) < 4.78 is 21.6. The maximum absolute atomic E-state index is 10.9. The van der Waals surface area contributed by atoms with Crippen molar-refractivity contribution < 1.29 is 13.8 Å². The molecule has 0 aromatic heterocycles. The van der Waals surface area contributed by atoms with Crippen LogP contribution in [0, 0.1) is 0 Å². The van der Waals surface area contributed by atoms with E-state index in [0.29, 0.717) is 0 Å². The molecule has 0 aromatic rings. The molecule has 0 aliphatic carbocycles. The van der Waals surface area contributed by atoms with Gasteiger partial charge in [0.15, 0.2) is 0 Å². The lowest BCUT2D eigenvalue weighted by Gasteiger charge is -2.33. The summed E-state index contributed by atoms with van der Waals surface area (Å²) in [5, 5.41) is 0. The van der Waals surface area contributed by atoms with Crippen LogP contribution in [0.2, 0.25) is 0 Å². The molecule has 1 rings (SSSR count). The first kappa shape index (κ1) is 15.4. The lowest BCUT2D eigenvalue weighted by Crippen LogP contribution is -2.51. The van der Waals surface area contributed by atoms with Crippen molar-refractivity contribution in [1.29, 1.82) is 0 Å². The number of ether oxygens (including phenoxy) is 1. The van der Waals surface area contributed by atoms with E-state index in [-0.39, 0.29) is 30.8 Å². The Morgan fingerprint density at radius 2 is 1.82 bits per heavy atom. The Bertz CT molecular complexity index is 283. The van der Waals surface area contributed by atoms with Gasteiger partial charge in [-0.3, -0.25) is 0 Å². The lowest BCUT2D eigenvalue weighted by atomic mass is 9.88. The lowest BCUT2D eigenvalue weighted by molar-refractivity contribution is 0.0291. The minimum atomic E-state index is -1.91. The Kier molecular flexibility index (Phi) is 5.89. The highest BCUT2D eigenvalue weighted by Gasteiger charge is 2.45. The molecule has 96 valence electrons. The molecule has 0 amide bonds. The van der Waals surface area contributed by atoms with Crippen LogP contribution < -0.4 is 0 Å². The predicted molar refractivity (Wildman–Crippen MR) is 71.9 cm³/mol. The molecule has 1 heterocycles. The zero-order chi connectivity index (χ0) is 13.2. The molecule has 0 spiro atoms. The Morgan fingerprint density at radius 1 is 1.29 bits per heavy atom. The molecule has 0 saturated carbocycles. The van der Waals surface area contributed by atoms with Gasteiger partial charge in [-0.25, -0.2) is 0 Å². The fourth-order valence-corrected chi connectivity index (χ4v) is 2.76. The van der Waals surface area contributed by atoms with Crippen molar-refractivity contribution in [3.05, 3.63) is 0 Å². The van der Waals surface area contributed by atoms with Crippen LogP contribution >= 0.6 is 19.5 Å². The number of likely N-dealkylation sites (N-methyl/N-ethyl adjacent to an activating group) is 2. The molecule has 1 saturated heterocycles. The van der Waals surface area contributed by atoms with Gasteiger partial charge in [-0.2, -0.15) is 0 Å². The quantitative estimate of drug-likeness (QED) is 0.446. The molecule has 2 radical (unpaired) electrons. The highest BCUT2D eigenvalue weighted by Crippen LogP contribution is 2.31. The van der Waals surface area contributed by atoms with Crippen LogP contribution in [-0.4, -0.2) is 76.6 Å².